The van der Waals surface area contributed by atoms with E-state index in [2.05, 4.69) is 0 Å². The molecule has 0 bridgehead atoms. The fourth-order valence-electron chi connectivity index (χ4n) is 2.74. The van der Waals surface area contributed by atoms with Crippen LogP contribution in [-0.4, -0.2) is 32.5 Å². The van der Waals surface area contributed by atoms with Crippen molar-refractivity contribution in [1.82, 2.24) is 4.31 Å². The van der Waals surface area contributed by atoms with E-state index in [0.29, 0.717) is 5.56 Å². The van der Waals surface area contributed by atoms with Crippen LogP contribution in [0.2, 0.25) is 0 Å². The predicted molar refractivity (Wildman–Crippen MR) is 85.0 cm³/mol. The van der Waals surface area contributed by atoms with Crippen LogP contribution in [-0.2, 0) is 14.8 Å². The van der Waals surface area contributed by atoms with Gasteiger partial charge in [-0.1, -0.05) is 12.1 Å². The predicted octanol–water partition coefficient (Wildman–Crippen LogP) is 3.04. The van der Waals surface area contributed by atoms with Crippen LogP contribution in [0.15, 0.2) is 47.4 Å². The van der Waals surface area contributed by atoms with E-state index in [1.165, 1.54) is 35.5 Å². The third kappa shape index (κ3) is 3.19. The number of hydrogen-bond donors (Lipinski definition) is 0. The van der Waals surface area contributed by atoms with E-state index >= 15 is 0 Å². The normalized spacial score (nSPS) is 19.4. The number of ether oxygens (including phenoxy) is 1. The third-order valence-corrected chi connectivity index (χ3v) is 5.97. The molecule has 2 aromatic carbocycles. The molecule has 0 spiro atoms. The Morgan fingerprint density at radius 1 is 1.12 bits per heavy atom. The number of halogens is 2. The highest BCUT2D eigenvalue weighted by atomic mass is 32.2. The van der Waals surface area contributed by atoms with Crippen molar-refractivity contribution in [2.75, 3.05) is 19.8 Å². The molecule has 0 amide bonds. The van der Waals surface area contributed by atoms with Crippen molar-refractivity contribution < 1.29 is 21.9 Å². The minimum absolute atomic E-state index is 0.0374. The molecule has 0 aliphatic carbocycles. The lowest BCUT2D eigenvalue weighted by atomic mass is 10.1. The fourth-order valence-corrected chi connectivity index (χ4v) is 4.41. The highest BCUT2D eigenvalue weighted by Crippen LogP contribution is 2.31. The summed E-state index contributed by atoms with van der Waals surface area (Å²) in [6.45, 7) is 2.16. The molecule has 0 N–H and O–H groups in total. The van der Waals surface area contributed by atoms with Crippen LogP contribution >= 0.6 is 0 Å². The van der Waals surface area contributed by atoms with Crippen LogP contribution in [0.5, 0.6) is 0 Å². The van der Waals surface area contributed by atoms with Crippen molar-refractivity contribution in [1.29, 1.82) is 0 Å². The molecule has 1 saturated heterocycles. The Morgan fingerprint density at radius 3 is 2.50 bits per heavy atom. The van der Waals surface area contributed by atoms with Gasteiger partial charge < -0.3 is 4.74 Å². The van der Waals surface area contributed by atoms with Crippen molar-refractivity contribution in [2.45, 2.75) is 17.9 Å². The lowest BCUT2D eigenvalue weighted by Gasteiger charge is -2.35. The molecule has 1 unspecified atom stereocenters. The molecule has 0 radical (unpaired) electrons. The number of nitrogens with zero attached hydrogens (tertiary/aromatic N) is 1. The Balaban J connectivity index is 2.00. The van der Waals surface area contributed by atoms with Gasteiger partial charge in [0.1, 0.15) is 11.6 Å². The minimum atomic E-state index is -3.82. The first-order valence-electron chi connectivity index (χ1n) is 7.51. The summed E-state index contributed by atoms with van der Waals surface area (Å²) >= 11 is 0. The molecule has 7 heteroatoms. The summed E-state index contributed by atoms with van der Waals surface area (Å²) in [7, 11) is -3.82. The summed E-state index contributed by atoms with van der Waals surface area (Å²) in [6, 6.07) is 8.86. The number of benzene rings is 2. The summed E-state index contributed by atoms with van der Waals surface area (Å²) < 4.78 is 59.3. The van der Waals surface area contributed by atoms with Gasteiger partial charge in [0.15, 0.2) is 0 Å². The topological polar surface area (TPSA) is 46.6 Å². The first-order chi connectivity index (χ1) is 11.4. The van der Waals surface area contributed by atoms with Crippen LogP contribution in [0.25, 0.3) is 0 Å². The third-order valence-electron chi connectivity index (χ3n) is 4.07. The molecule has 1 heterocycles. The molecule has 1 atom stereocenters. The van der Waals surface area contributed by atoms with Crippen LogP contribution in [0, 0.1) is 18.6 Å². The van der Waals surface area contributed by atoms with Crippen LogP contribution in [0.4, 0.5) is 8.78 Å². The molecular weight excluding hydrogens is 336 g/mol. The molecule has 24 heavy (non-hydrogen) atoms. The average Bonchev–Trinajstić information content (AvgIpc) is 2.58. The van der Waals surface area contributed by atoms with Crippen molar-refractivity contribution in [3.63, 3.8) is 0 Å². The summed E-state index contributed by atoms with van der Waals surface area (Å²) in [5, 5.41) is 0. The van der Waals surface area contributed by atoms with Crippen molar-refractivity contribution in [3.05, 3.63) is 65.2 Å². The van der Waals surface area contributed by atoms with Gasteiger partial charge in [0.2, 0.25) is 10.0 Å². The Hall–Kier alpha value is -1.83. The van der Waals surface area contributed by atoms with Crippen molar-refractivity contribution in [2.24, 2.45) is 0 Å². The van der Waals surface area contributed by atoms with Gasteiger partial charge in [-0.25, -0.2) is 17.2 Å². The summed E-state index contributed by atoms with van der Waals surface area (Å²) in [5.41, 5.74) is 0.918. The zero-order valence-electron chi connectivity index (χ0n) is 13.1. The van der Waals surface area contributed by atoms with Gasteiger partial charge in [0.25, 0.3) is 0 Å². The number of rotatable bonds is 3. The van der Waals surface area contributed by atoms with Crippen molar-refractivity contribution >= 4 is 10.0 Å². The second-order valence-electron chi connectivity index (χ2n) is 5.67. The molecule has 3 rings (SSSR count). The Bertz CT molecular complexity index is 837. The van der Waals surface area contributed by atoms with Gasteiger partial charge in [-0.3, -0.25) is 0 Å². The first-order valence-corrected chi connectivity index (χ1v) is 8.95. The van der Waals surface area contributed by atoms with Gasteiger partial charge in [0, 0.05) is 6.54 Å². The zero-order chi connectivity index (χ0) is 17.3. The Morgan fingerprint density at radius 2 is 1.83 bits per heavy atom. The van der Waals surface area contributed by atoms with Crippen LogP contribution in [0.3, 0.4) is 0 Å². The first kappa shape index (κ1) is 17.0. The summed E-state index contributed by atoms with van der Waals surface area (Å²) in [4.78, 5) is 0.0374. The standard InChI is InChI=1S/C17H17F2NO3S/c1-12-10-15(6-7-16(12)19)24(21,22)20-8-9-23-11-17(20)13-2-4-14(18)5-3-13/h2-7,10,17H,8-9,11H2,1H3. The van der Waals surface area contributed by atoms with E-state index in [0.717, 1.165) is 6.07 Å². The average molecular weight is 353 g/mol. The SMILES string of the molecule is Cc1cc(S(=O)(=O)N2CCOCC2c2ccc(F)cc2)ccc1F. The maximum absolute atomic E-state index is 13.4. The monoisotopic (exact) mass is 353 g/mol. The summed E-state index contributed by atoms with van der Waals surface area (Å²) in [6.07, 6.45) is 0. The van der Waals surface area contributed by atoms with Crippen LogP contribution < -0.4 is 0 Å². The van der Waals surface area contributed by atoms with E-state index in [4.69, 9.17) is 4.74 Å². The highest BCUT2D eigenvalue weighted by Gasteiger charge is 2.35. The Kier molecular flexibility index (Phi) is 4.67. The van der Waals surface area contributed by atoms with E-state index in [9.17, 15) is 17.2 Å². The molecule has 0 saturated carbocycles. The van der Waals surface area contributed by atoms with Gasteiger partial charge in [-0.05, 0) is 48.4 Å². The Labute approximate surface area is 139 Å². The van der Waals surface area contributed by atoms with Gasteiger partial charge >= 0.3 is 0 Å². The second kappa shape index (κ2) is 6.58. The largest absolute Gasteiger partial charge is 0.378 e. The fraction of sp³-hybridized carbons (Fsp3) is 0.294. The minimum Gasteiger partial charge on any atom is -0.378 e. The molecule has 1 fully saturated rings. The van der Waals surface area contributed by atoms with Crippen LogP contribution in [0.1, 0.15) is 17.2 Å². The number of morpholine rings is 1. The van der Waals surface area contributed by atoms with Gasteiger partial charge in [-0.2, -0.15) is 4.31 Å². The van der Waals surface area contributed by atoms with E-state index in [-0.39, 0.29) is 36.0 Å². The number of hydrogen-bond acceptors (Lipinski definition) is 3. The molecule has 0 aromatic heterocycles. The quantitative estimate of drug-likeness (QED) is 0.852. The van der Waals surface area contributed by atoms with Crippen molar-refractivity contribution in [3.8, 4) is 0 Å². The van der Waals surface area contributed by atoms with Gasteiger partial charge in [-0.15, -0.1) is 0 Å². The smallest absolute Gasteiger partial charge is 0.243 e. The lowest BCUT2D eigenvalue weighted by Crippen LogP contribution is -2.43. The van der Waals surface area contributed by atoms with Gasteiger partial charge in [0.05, 0.1) is 24.2 Å². The second-order valence-corrected chi connectivity index (χ2v) is 7.56. The number of sulfonamides is 1. The lowest BCUT2D eigenvalue weighted by molar-refractivity contribution is 0.0320. The van der Waals surface area contributed by atoms with E-state index in [1.807, 2.05) is 0 Å². The molecule has 4 nitrogen and oxygen atoms in total. The molecule has 128 valence electrons. The zero-order valence-corrected chi connectivity index (χ0v) is 13.9. The molecular formula is C17H17F2NO3S. The molecule has 1 aliphatic rings. The maximum Gasteiger partial charge on any atom is 0.243 e. The number of aryl methyl sites for hydroxylation is 1. The summed E-state index contributed by atoms with van der Waals surface area (Å²) in [5.74, 6) is -0.843. The molecule has 2 aromatic rings. The van der Waals surface area contributed by atoms with E-state index in [1.54, 1.807) is 12.1 Å². The van der Waals surface area contributed by atoms with E-state index < -0.39 is 21.9 Å². The maximum atomic E-state index is 13.4. The molecule has 1 aliphatic heterocycles. The highest BCUT2D eigenvalue weighted by molar-refractivity contribution is 7.89.